The van der Waals surface area contributed by atoms with Gasteiger partial charge in [0.1, 0.15) is 24.1 Å². The first-order chi connectivity index (χ1) is 10.6. The SMILES string of the molecule is Cn1ncc2c(=O)n(CC(O)COCc3ccco3)cnc21. The molecule has 1 N–H and O–H groups in total. The number of furan rings is 1. The Balaban J connectivity index is 1.62. The van der Waals surface area contributed by atoms with Crippen LogP contribution >= 0.6 is 0 Å². The molecule has 0 radical (unpaired) electrons. The largest absolute Gasteiger partial charge is 0.467 e. The van der Waals surface area contributed by atoms with Gasteiger partial charge in [0, 0.05) is 7.05 Å². The number of hydrogen-bond donors (Lipinski definition) is 1. The highest BCUT2D eigenvalue weighted by molar-refractivity contribution is 5.72. The van der Waals surface area contributed by atoms with Crippen molar-refractivity contribution < 1.29 is 14.3 Å². The van der Waals surface area contributed by atoms with E-state index in [2.05, 4.69) is 10.1 Å². The number of aliphatic hydroxyl groups excluding tert-OH is 1. The molecule has 0 aliphatic heterocycles. The van der Waals surface area contributed by atoms with E-state index >= 15 is 0 Å². The van der Waals surface area contributed by atoms with Crippen molar-refractivity contribution in [3.8, 4) is 0 Å². The van der Waals surface area contributed by atoms with Crippen molar-refractivity contribution in [1.82, 2.24) is 19.3 Å². The number of fused-ring (bicyclic) bond motifs is 1. The minimum Gasteiger partial charge on any atom is -0.467 e. The molecule has 0 aromatic carbocycles. The van der Waals surface area contributed by atoms with E-state index in [0.717, 1.165) is 0 Å². The highest BCUT2D eigenvalue weighted by atomic mass is 16.5. The summed E-state index contributed by atoms with van der Waals surface area (Å²) in [5.41, 5.74) is 0.285. The molecule has 0 saturated carbocycles. The van der Waals surface area contributed by atoms with Crippen molar-refractivity contribution in [1.29, 1.82) is 0 Å². The van der Waals surface area contributed by atoms with Gasteiger partial charge >= 0.3 is 0 Å². The van der Waals surface area contributed by atoms with Crippen molar-refractivity contribution >= 4 is 11.0 Å². The van der Waals surface area contributed by atoms with Crippen LogP contribution in [0.3, 0.4) is 0 Å². The summed E-state index contributed by atoms with van der Waals surface area (Å²) in [5, 5.41) is 14.4. The van der Waals surface area contributed by atoms with Crippen LogP contribution in [0, 0.1) is 0 Å². The van der Waals surface area contributed by atoms with Gasteiger partial charge in [-0.2, -0.15) is 5.10 Å². The molecule has 3 aromatic rings. The van der Waals surface area contributed by atoms with Crippen LogP contribution in [0.1, 0.15) is 5.76 Å². The molecule has 3 rings (SSSR count). The van der Waals surface area contributed by atoms with Crippen molar-refractivity contribution in [3.05, 3.63) is 47.0 Å². The summed E-state index contributed by atoms with van der Waals surface area (Å²) in [5.74, 6) is 0.683. The van der Waals surface area contributed by atoms with Crippen LogP contribution in [-0.2, 0) is 24.9 Å². The summed E-state index contributed by atoms with van der Waals surface area (Å²) >= 11 is 0. The topological polar surface area (TPSA) is 95.3 Å². The Morgan fingerprint density at radius 2 is 2.36 bits per heavy atom. The van der Waals surface area contributed by atoms with Crippen LogP contribution in [0.25, 0.3) is 11.0 Å². The minimum atomic E-state index is -0.816. The van der Waals surface area contributed by atoms with E-state index in [1.54, 1.807) is 25.4 Å². The van der Waals surface area contributed by atoms with E-state index in [0.29, 0.717) is 16.8 Å². The van der Waals surface area contributed by atoms with Crippen LogP contribution in [0.15, 0.2) is 40.1 Å². The van der Waals surface area contributed by atoms with E-state index < -0.39 is 6.10 Å². The lowest BCUT2D eigenvalue weighted by Crippen LogP contribution is -2.29. The van der Waals surface area contributed by atoms with Gasteiger partial charge in [0.15, 0.2) is 5.65 Å². The summed E-state index contributed by atoms with van der Waals surface area (Å²) < 4.78 is 13.4. The molecule has 116 valence electrons. The quantitative estimate of drug-likeness (QED) is 0.704. The summed E-state index contributed by atoms with van der Waals surface area (Å²) in [6.45, 7) is 0.478. The van der Waals surface area contributed by atoms with Gasteiger partial charge in [0.2, 0.25) is 0 Å². The number of hydrogen-bond acceptors (Lipinski definition) is 6. The van der Waals surface area contributed by atoms with E-state index in [4.69, 9.17) is 9.15 Å². The van der Waals surface area contributed by atoms with Gasteiger partial charge in [-0.05, 0) is 12.1 Å². The Hall–Kier alpha value is -2.45. The molecule has 1 atom stereocenters. The Kier molecular flexibility index (Phi) is 4.03. The van der Waals surface area contributed by atoms with Crippen LogP contribution in [-0.4, -0.2) is 37.1 Å². The highest BCUT2D eigenvalue weighted by Crippen LogP contribution is 2.05. The second-order valence-corrected chi connectivity index (χ2v) is 4.96. The predicted octanol–water partition coefficient (Wildman–Crippen LogP) is 0.301. The van der Waals surface area contributed by atoms with E-state index in [9.17, 15) is 9.90 Å². The molecule has 22 heavy (non-hydrogen) atoms. The number of aliphatic hydroxyl groups is 1. The van der Waals surface area contributed by atoms with Gasteiger partial charge in [-0.25, -0.2) is 4.98 Å². The zero-order valence-corrected chi connectivity index (χ0v) is 12.0. The van der Waals surface area contributed by atoms with Gasteiger partial charge < -0.3 is 14.3 Å². The van der Waals surface area contributed by atoms with Crippen LogP contribution in [0.4, 0.5) is 0 Å². The summed E-state index contributed by atoms with van der Waals surface area (Å²) in [6.07, 6.45) is 3.62. The molecule has 8 heteroatoms. The Morgan fingerprint density at radius 1 is 1.50 bits per heavy atom. The number of aryl methyl sites for hydroxylation is 1. The number of aromatic nitrogens is 4. The van der Waals surface area contributed by atoms with Crippen molar-refractivity contribution in [3.63, 3.8) is 0 Å². The summed E-state index contributed by atoms with van der Waals surface area (Å²) in [7, 11) is 1.72. The van der Waals surface area contributed by atoms with E-state index in [1.807, 2.05) is 0 Å². The Morgan fingerprint density at radius 3 is 3.14 bits per heavy atom. The fourth-order valence-electron chi connectivity index (χ4n) is 2.17. The Bertz CT molecular complexity index is 806. The minimum absolute atomic E-state index is 0.0955. The third kappa shape index (κ3) is 2.92. The molecule has 0 aliphatic carbocycles. The fraction of sp³-hybridized carbons (Fsp3) is 0.357. The molecule has 0 saturated heterocycles. The van der Waals surface area contributed by atoms with E-state index in [-0.39, 0.29) is 25.3 Å². The van der Waals surface area contributed by atoms with Crippen LogP contribution in [0.2, 0.25) is 0 Å². The normalized spacial score (nSPS) is 12.8. The molecular weight excluding hydrogens is 288 g/mol. The third-order valence-corrected chi connectivity index (χ3v) is 3.26. The van der Waals surface area contributed by atoms with Crippen LogP contribution < -0.4 is 5.56 Å². The standard InChI is InChI=1S/C14H16N4O4/c1-17-13-12(5-16-17)14(20)18(9-15-13)6-10(19)7-21-8-11-3-2-4-22-11/h2-5,9-10,19H,6-8H2,1H3. The maximum atomic E-state index is 12.2. The number of rotatable bonds is 6. The van der Waals surface area contributed by atoms with Gasteiger partial charge in [-0.3, -0.25) is 14.0 Å². The second-order valence-electron chi connectivity index (χ2n) is 4.96. The maximum Gasteiger partial charge on any atom is 0.264 e. The van der Waals surface area contributed by atoms with E-state index in [1.165, 1.54) is 21.8 Å². The van der Waals surface area contributed by atoms with Crippen LogP contribution in [0.5, 0.6) is 0 Å². The second kappa shape index (κ2) is 6.12. The lowest BCUT2D eigenvalue weighted by Gasteiger charge is -2.12. The Labute approximate surface area is 125 Å². The molecule has 0 aliphatic rings. The fourth-order valence-corrected chi connectivity index (χ4v) is 2.17. The van der Waals surface area contributed by atoms with Crippen molar-refractivity contribution in [2.45, 2.75) is 19.3 Å². The molecule has 0 fully saturated rings. The molecule has 8 nitrogen and oxygen atoms in total. The van der Waals surface area contributed by atoms with Gasteiger partial charge in [-0.1, -0.05) is 0 Å². The van der Waals surface area contributed by atoms with Gasteiger partial charge in [0.25, 0.3) is 5.56 Å². The molecule has 0 amide bonds. The summed E-state index contributed by atoms with van der Waals surface area (Å²) in [6, 6.07) is 3.56. The third-order valence-electron chi connectivity index (χ3n) is 3.26. The number of nitrogens with zero attached hydrogens (tertiary/aromatic N) is 4. The zero-order chi connectivity index (χ0) is 15.5. The number of ether oxygens (including phenoxy) is 1. The van der Waals surface area contributed by atoms with Crippen molar-refractivity contribution in [2.75, 3.05) is 6.61 Å². The zero-order valence-electron chi connectivity index (χ0n) is 12.0. The monoisotopic (exact) mass is 304 g/mol. The lowest BCUT2D eigenvalue weighted by molar-refractivity contribution is 0.0142. The maximum absolute atomic E-state index is 12.2. The summed E-state index contributed by atoms with van der Waals surface area (Å²) in [4.78, 5) is 16.4. The molecule has 3 heterocycles. The first-order valence-electron chi connectivity index (χ1n) is 6.80. The lowest BCUT2D eigenvalue weighted by atomic mass is 10.3. The van der Waals surface area contributed by atoms with Crippen molar-refractivity contribution in [2.24, 2.45) is 7.05 Å². The average Bonchev–Trinajstić information content (AvgIpc) is 3.13. The van der Waals surface area contributed by atoms with Gasteiger partial charge in [-0.15, -0.1) is 0 Å². The molecule has 3 aromatic heterocycles. The molecular formula is C14H16N4O4. The molecule has 0 spiro atoms. The smallest absolute Gasteiger partial charge is 0.264 e. The van der Waals surface area contributed by atoms with Gasteiger partial charge in [0.05, 0.1) is 31.7 Å². The molecule has 0 bridgehead atoms. The first kappa shape index (κ1) is 14.5. The highest BCUT2D eigenvalue weighted by Gasteiger charge is 2.12. The predicted molar refractivity (Wildman–Crippen MR) is 77.1 cm³/mol. The molecule has 1 unspecified atom stereocenters. The first-order valence-corrected chi connectivity index (χ1v) is 6.80. The average molecular weight is 304 g/mol.